The Morgan fingerprint density at radius 3 is 2.65 bits per heavy atom. The van der Waals surface area contributed by atoms with E-state index in [0.29, 0.717) is 5.56 Å². The summed E-state index contributed by atoms with van der Waals surface area (Å²) in [6.07, 6.45) is -2.64. The molecule has 0 radical (unpaired) electrons. The number of Topliss-reactive ketones (excluding diaryl/α,β-unsaturated/α-hetero) is 1. The van der Waals surface area contributed by atoms with E-state index in [1.54, 1.807) is 30.3 Å². The highest BCUT2D eigenvalue weighted by molar-refractivity contribution is 7.86. The van der Waals surface area contributed by atoms with Crippen molar-refractivity contribution in [2.45, 2.75) is 11.8 Å². The van der Waals surface area contributed by atoms with Crippen molar-refractivity contribution in [3.8, 4) is 0 Å². The topological polar surface area (TPSA) is 95.7 Å². The third-order valence-electron chi connectivity index (χ3n) is 3.42. The molecular formula is C17H13ClFNO5S. The average Bonchev–Trinajstić information content (AvgIpc) is 2.81. The van der Waals surface area contributed by atoms with Crippen LogP contribution in [-0.4, -0.2) is 14.2 Å². The molecule has 1 atom stereocenters. The van der Waals surface area contributed by atoms with Gasteiger partial charge in [0.15, 0.2) is 6.08 Å². The van der Waals surface area contributed by atoms with E-state index in [2.05, 4.69) is 0 Å². The molecule has 1 heterocycles. The van der Waals surface area contributed by atoms with Gasteiger partial charge in [-0.1, -0.05) is 41.9 Å². The maximum absolute atomic E-state index is 14.1. The first kappa shape index (κ1) is 16.9. The van der Waals surface area contributed by atoms with Crippen LogP contribution in [-0.2, 0) is 29.6 Å². The van der Waals surface area contributed by atoms with Gasteiger partial charge in [0, 0.05) is 10.6 Å². The number of halogens is 2. The fraction of sp³-hybridized carbons (Fsp3) is 0.118. The first-order valence-corrected chi connectivity index (χ1v) is 9.23. The molecule has 136 valence electrons. The van der Waals surface area contributed by atoms with E-state index < -0.39 is 50.8 Å². The molecule has 9 heteroatoms. The van der Waals surface area contributed by atoms with Crippen molar-refractivity contribution in [1.82, 2.24) is 0 Å². The Morgan fingerprint density at radius 2 is 1.96 bits per heavy atom. The van der Waals surface area contributed by atoms with Crippen molar-refractivity contribution in [3.63, 3.8) is 0 Å². The molecule has 0 bridgehead atoms. The molecule has 0 saturated carbocycles. The number of hydrogen-bond acceptors (Lipinski definition) is 6. The zero-order valence-electron chi connectivity index (χ0n) is 14.1. The predicted octanol–water partition coefficient (Wildman–Crippen LogP) is 2.79. The fourth-order valence-corrected chi connectivity index (χ4v) is 3.52. The van der Waals surface area contributed by atoms with Crippen LogP contribution >= 0.6 is 11.6 Å². The molecule has 0 amide bonds. The first-order valence-electron chi connectivity index (χ1n) is 7.77. The summed E-state index contributed by atoms with van der Waals surface area (Å²) in [4.78, 5) is 12.6. The number of hydrogen-bond donors (Lipinski definition) is 1. The number of rotatable bonds is 5. The second kappa shape index (κ2) is 6.97. The molecule has 0 aromatic heterocycles. The largest absolute Gasteiger partial charge is 0.460 e. The van der Waals surface area contributed by atoms with E-state index in [4.69, 9.17) is 27.6 Å². The van der Waals surface area contributed by atoms with E-state index in [-0.39, 0.29) is 5.02 Å². The molecule has 3 rings (SSSR count). The Balaban J connectivity index is 1.88. The number of benzene rings is 2. The standard InChI is InChI=1S/C17H13ClFNO5S/c18-11-6-7-13(19)12(8-11)15-14(21)16(17(20)24-15)25-26(22,23)9-10-4-2-1-3-5-10/h1-8,15H,9,20H2/t15-/m1/s1/i15D. The molecule has 26 heavy (non-hydrogen) atoms. The van der Waals surface area contributed by atoms with E-state index in [0.717, 1.165) is 12.1 Å². The molecule has 0 fully saturated rings. The Labute approximate surface area is 155 Å². The highest BCUT2D eigenvalue weighted by Crippen LogP contribution is 2.35. The van der Waals surface area contributed by atoms with Crippen LogP contribution in [0.15, 0.2) is 60.2 Å². The predicted molar refractivity (Wildman–Crippen MR) is 91.6 cm³/mol. The molecule has 0 spiro atoms. The summed E-state index contributed by atoms with van der Waals surface area (Å²) in [5.41, 5.74) is 5.45. The summed E-state index contributed by atoms with van der Waals surface area (Å²) in [5.74, 6) is -4.33. The van der Waals surface area contributed by atoms with Crippen molar-refractivity contribution in [3.05, 3.63) is 82.1 Å². The van der Waals surface area contributed by atoms with Gasteiger partial charge in [-0.3, -0.25) is 4.79 Å². The summed E-state index contributed by atoms with van der Waals surface area (Å²) in [7, 11) is -4.28. The van der Waals surface area contributed by atoms with Gasteiger partial charge < -0.3 is 14.7 Å². The van der Waals surface area contributed by atoms with Gasteiger partial charge >= 0.3 is 10.1 Å². The lowest BCUT2D eigenvalue weighted by Crippen LogP contribution is -2.17. The van der Waals surface area contributed by atoms with Crippen LogP contribution < -0.4 is 5.73 Å². The maximum atomic E-state index is 14.1. The Bertz CT molecular complexity index is 1040. The minimum absolute atomic E-state index is 0.0547. The van der Waals surface area contributed by atoms with Crippen LogP contribution in [0.4, 0.5) is 4.39 Å². The Morgan fingerprint density at radius 1 is 1.27 bits per heavy atom. The smallest absolute Gasteiger partial charge is 0.313 e. The lowest BCUT2D eigenvalue weighted by Gasteiger charge is -2.11. The molecule has 0 saturated heterocycles. The maximum Gasteiger partial charge on any atom is 0.313 e. The summed E-state index contributed by atoms with van der Waals surface area (Å²) in [6.45, 7) is 0. The molecule has 0 unspecified atom stereocenters. The zero-order chi connectivity index (χ0) is 19.8. The Kier molecular flexibility index (Phi) is 4.52. The van der Waals surface area contributed by atoms with Crippen molar-refractivity contribution < 1.29 is 27.9 Å². The van der Waals surface area contributed by atoms with Crippen LogP contribution in [0.3, 0.4) is 0 Å². The van der Waals surface area contributed by atoms with Crippen LogP contribution in [0.2, 0.25) is 5.02 Å². The van der Waals surface area contributed by atoms with Crippen molar-refractivity contribution in [1.29, 1.82) is 0 Å². The normalized spacial score (nSPS) is 20.7. The van der Waals surface area contributed by atoms with Gasteiger partial charge in [-0.2, -0.15) is 8.42 Å². The lowest BCUT2D eigenvalue weighted by atomic mass is 10.1. The van der Waals surface area contributed by atoms with E-state index in [1.807, 2.05) is 0 Å². The highest BCUT2D eigenvalue weighted by Gasteiger charge is 2.40. The molecule has 2 aromatic carbocycles. The van der Waals surface area contributed by atoms with Crippen LogP contribution in [0, 0.1) is 5.82 Å². The number of nitrogens with two attached hydrogens (primary N) is 1. The van der Waals surface area contributed by atoms with Gasteiger partial charge in [0.25, 0.3) is 0 Å². The summed E-state index contributed by atoms with van der Waals surface area (Å²) >= 11 is 5.79. The average molecular weight is 399 g/mol. The van der Waals surface area contributed by atoms with Gasteiger partial charge in [0.1, 0.15) is 11.6 Å². The van der Waals surface area contributed by atoms with Crippen LogP contribution in [0.1, 0.15) is 18.6 Å². The van der Waals surface area contributed by atoms with Crippen LogP contribution in [0.25, 0.3) is 0 Å². The highest BCUT2D eigenvalue weighted by atomic mass is 35.5. The second-order valence-corrected chi connectivity index (χ2v) is 7.36. The van der Waals surface area contributed by atoms with Gasteiger partial charge in [-0.25, -0.2) is 4.39 Å². The zero-order valence-corrected chi connectivity index (χ0v) is 14.7. The molecule has 0 aliphatic carbocycles. The molecule has 2 N–H and O–H groups in total. The second-order valence-electron chi connectivity index (χ2n) is 5.35. The molecule has 1 aliphatic rings. The summed E-state index contributed by atoms with van der Waals surface area (Å²) in [5, 5.41) is 0.0547. The molecule has 6 nitrogen and oxygen atoms in total. The van der Waals surface area contributed by atoms with Crippen molar-refractivity contribution in [2.24, 2.45) is 5.73 Å². The quantitative estimate of drug-likeness (QED) is 0.778. The first-order chi connectivity index (χ1) is 12.6. The number of ether oxygens (including phenoxy) is 1. The van der Waals surface area contributed by atoms with E-state index >= 15 is 0 Å². The summed E-state index contributed by atoms with van der Waals surface area (Å²) in [6, 6.07) is 11.3. The molecule has 1 aliphatic heterocycles. The van der Waals surface area contributed by atoms with Crippen LogP contribution in [0.5, 0.6) is 0 Å². The monoisotopic (exact) mass is 398 g/mol. The third-order valence-corrected chi connectivity index (χ3v) is 4.76. The van der Waals surface area contributed by atoms with Gasteiger partial charge in [0.2, 0.25) is 17.4 Å². The molecule has 2 aromatic rings. The van der Waals surface area contributed by atoms with Gasteiger partial charge in [0.05, 0.1) is 1.37 Å². The lowest BCUT2D eigenvalue weighted by molar-refractivity contribution is -0.123. The minimum Gasteiger partial charge on any atom is -0.460 e. The van der Waals surface area contributed by atoms with Crippen molar-refractivity contribution in [2.75, 3.05) is 0 Å². The molecular weight excluding hydrogens is 385 g/mol. The SMILES string of the molecule is [2H][C@]1(c2cc(Cl)ccc2F)OC(N)=C(OS(=O)(=O)Cc2ccccc2)C1=O. The number of ketones is 1. The van der Waals surface area contributed by atoms with Crippen molar-refractivity contribution >= 4 is 27.5 Å². The Hall–Kier alpha value is -2.58. The fourth-order valence-electron chi connectivity index (χ4n) is 2.28. The minimum atomic E-state index is -4.28. The number of carbonyl (C=O) groups is 1. The third kappa shape index (κ3) is 3.81. The van der Waals surface area contributed by atoms with Gasteiger partial charge in [-0.05, 0) is 23.8 Å². The summed E-state index contributed by atoms with van der Waals surface area (Å²) < 4.78 is 56.5. The van der Waals surface area contributed by atoms with E-state index in [1.165, 1.54) is 6.07 Å². The number of carbonyl (C=O) groups excluding carboxylic acids is 1. The van der Waals surface area contributed by atoms with E-state index in [9.17, 15) is 17.6 Å². The van der Waals surface area contributed by atoms with Gasteiger partial charge in [-0.15, -0.1) is 0 Å².